The summed E-state index contributed by atoms with van der Waals surface area (Å²) in [5, 5.41) is 9.91. The van der Waals surface area contributed by atoms with Crippen LogP contribution in [0.15, 0.2) is 27.5 Å². The minimum absolute atomic E-state index is 0.291. The minimum atomic E-state index is -0.921. The quantitative estimate of drug-likeness (QED) is 0.848. The van der Waals surface area contributed by atoms with Crippen molar-refractivity contribution in [3.05, 3.63) is 29.5 Å². The fourth-order valence-corrected chi connectivity index (χ4v) is 3.18. The molecule has 1 fully saturated rings. The van der Waals surface area contributed by atoms with Gasteiger partial charge in [-0.3, -0.25) is 0 Å². The Hall–Kier alpha value is -1.42. The number of hydrogen-bond acceptors (Lipinski definition) is 3. The molecule has 2 aromatic rings. The lowest BCUT2D eigenvalue weighted by molar-refractivity contribution is 0.0697. The molecule has 1 heterocycles. The molecule has 0 saturated heterocycles. The summed E-state index contributed by atoms with van der Waals surface area (Å²) < 4.78 is 5.46. The van der Waals surface area contributed by atoms with Gasteiger partial charge >= 0.3 is 5.97 Å². The lowest BCUT2D eigenvalue weighted by atomic mass is 10.1. The first kappa shape index (κ1) is 11.7. The molecule has 0 bridgehead atoms. The summed E-state index contributed by atoms with van der Waals surface area (Å²) in [6, 6.07) is 5.80. The molecule has 3 nitrogen and oxygen atoms in total. The Balaban J connectivity index is 1.97. The van der Waals surface area contributed by atoms with E-state index in [1.54, 1.807) is 18.7 Å². The van der Waals surface area contributed by atoms with Crippen molar-refractivity contribution in [1.29, 1.82) is 0 Å². The zero-order valence-electron chi connectivity index (χ0n) is 10.1. The van der Waals surface area contributed by atoms with Gasteiger partial charge in [-0.1, -0.05) is 0 Å². The molecule has 0 unspecified atom stereocenters. The second kappa shape index (κ2) is 4.35. The van der Waals surface area contributed by atoms with E-state index in [9.17, 15) is 9.90 Å². The molecule has 1 aliphatic carbocycles. The van der Waals surface area contributed by atoms with Gasteiger partial charge in [0, 0.05) is 16.0 Å². The molecule has 0 atom stereocenters. The fourth-order valence-electron chi connectivity index (χ4n) is 2.05. The molecule has 4 heteroatoms. The first-order chi connectivity index (χ1) is 8.65. The van der Waals surface area contributed by atoms with Gasteiger partial charge < -0.3 is 9.52 Å². The van der Waals surface area contributed by atoms with Crippen molar-refractivity contribution in [2.24, 2.45) is 5.92 Å². The maximum absolute atomic E-state index is 11.2. The van der Waals surface area contributed by atoms with Crippen LogP contribution in [0.25, 0.3) is 11.0 Å². The van der Waals surface area contributed by atoms with Crippen LogP contribution >= 0.6 is 11.8 Å². The van der Waals surface area contributed by atoms with Crippen molar-refractivity contribution < 1.29 is 14.3 Å². The minimum Gasteiger partial charge on any atom is -0.478 e. The summed E-state index contributed by atoms with van der Waals surface area (Å²) in [6.45, 7) is 1.69. The lowest BCUT2D eigenvalue weighted by Gasteiger charge is -2.00. The molecule has 18 heavy (non-hydrogen) atoms. The van der Waals surface area contributed by atoms with E-state index in [0.717, 1.165) is 16.6 Å². The van der Waals surface area contributed by atoms with E-state index in [4.69, 9.17) is 4.42 Å². The predicted octanol–water partition coefficient (Wildman–Crippen LogP) is 3.94. The van der Waals surface area contributed by atoms with Crippen molar-refractivity contribution in [1.82, 2.24) is 0 Å². The third-order valence-electron chi connectivity index (χ3n) is 3.23. The molecule has 1 saturated carbocycles. The number of thioether (sulfide) groups is 1. The first-order valence-electron chi connectivity index (χ1n) is 6.04. The zero-order valence-corrected chi connectivity index (χ0v) is 10.9. The Morgan fingerprint density at radius 1 is 1.50 bits per heavy atom. The van der Waals surface area contributed by atoms with Crippen LogP contribution in [0.4, 0.5) is 0 Å². The van der Waals surface area contributed by atoms with Crippen molar-refractivity contribution in [3.8, 4) is 0 Å². The lowest BCUT2D eigenvalue weighted by Crippen LogP contribution is -1.96. The molecule has 1 aromatic heterocycles. The number of aromatic carboxylic acids is 1. The Kier molecular flexibility index (Phi) is 2.82. The standard InChI is InChI=1S/C14H14O3S/c1-8-13(14(15)16)11-6-10(4-5-12(11)17-8)18-7-9-2-3-9/h4-6,9H,2-3,7H2,1H3,(H,15,16). The van der Waals surface area contributed by atoms with Crippen LogP contribution in [0.1, 0.15) is 29.0 Å². The van der Waals surface area contributed by atoms with Crippen LogP contribution in [0.3, 0.4) is 0 Å². The van der Waals surface area contributed by atoms with Crippen LogP contribution in [0.5, 0.6) is 0 Å². The highest BCUT2D eigenvalue weighted by molar-refractivity contribution is 7.99. The van der Waals surface area contributed by atoms with Gasteiger partial charge in [0.2, 0.25) is 0 Å². The van der Waals surface area contributed by atoms with E-state index < -0.39 is 5.97 Å². The van der Waals surface area contributed by atoms with Crippen LogP contribution in [0.2, 0.25) is 0 Å². The SMILES string of the molecule is Cc1oc2ccc(SCC3CC3)cc2c1C(=O)O. The largest absolute Gasteiger partial charge is 0.478 e. The highest BCUT2D eigenvalue weighted by Gasteiger charge is 2.22. The predicted molar refractivity (Wildman–Crippen MR) is 71.4 cm³/mol. The Labute approximate surface area is 109 Å². The third-order valence-corrected chi connectivity index (χ3v) is 4.46. The van der Waals surface area contributed by atoms with Gasteiger partial charge in [-0.15, -0.1) is 11.8 Å². The summed E-state index contributed by atoms with van der Waals surface area (Å²) in [4.78, 5) is 12.3. The van der Waals surface area contributed by atoms with Gasteiger partial charge in [0.1, 0.15) is 16.9 Å². The second-order valence-electron chi connectivity index (χ2n) is 4.75. The molecule has 0 radical (unpaired) electrons. The van der Waals surface area contributed by atoms with Crippen LogP contribution < -0.4 is 0 Å². The Morgan fingerprint density at radius 3 is 2.94 bits per heavy atom. The zero-order chi connectivity index (χ0) is 12.7. The van der Waals surface area contributed by atoms with Crippen molar-refractivity contribution in [2.75, 3.05) is 5.75 Å². The van der Waals surface area contributed by atoms with Gasteiger partial charge in [0.05, 0.1) is 0 Å². The number of fused-ring (bicyclic) bond motifs is 1. The average molecular weight is 262 g/mol. The highest BCUT2D eigenvalue weighted by atomic mass is 32.2. The van der Waals surface area contributed by atoms with Gasteiger partial charge in [-0.2, -0.15) is 0 Å². The van der Waals surface area contributed by atoms with E-state index in [2.05, 4.69) is 0 Å². The van der Waals surface area contributed by atoms with E-state index >= 15 is 0 Å². The number of carbonyl (C=O) groups is 1. The summed E-state index contributed by atoms with van der Waals surface area (Å²) in [5.41, 5.74) is 0.944. The molecule has 0 spiro atoms. The fraction of sp³-hybridized carbons (Fsp3) is 0.357. The first-order valence-corrected chi connectivity index (χ1v) is 7.03. The third kappa shape index (κ3) is 2.12. The summed E-state index contributed by atoms with van der Waals surface area (Å²) in [7, 11) is 0. The molecule has 1 aliphatic rings. The topological polar surface area (TPSA) is 50.4 Å². The number of carboxylic acid groups (broad SMARTS) is 1. The van der Waals surface area contributed by atoms with E-state index in [-0.39, 0.29) is 0 Å². The molecule has 1 N–H and O–H groups in total. The summed E-state index contributed by atoms with van der Waals surface area (Å²) in [5.74, 6) is 1.54. The number of carboxylic acids is 1. The Bertz CT molecular complexity index is 611. The Morgan fingerprint density at radius 2 is 2.28 bits per heavy atom. The van der Waals surface area contributed by atoms with Crippen LogP contribution in [0, 0.1) is 12.8 Å². The smallest absolute Gasteiger partial charge is 0.339 e. The summed E-state index contributed by atoms with van der Waals surface area (Å²) >= 11 is 1.80. The van der Waals surface area contributed by atoms with Crippen molar-refractivity contribution in [2.45, 2.75) is 24.7 Å². The van der Waals surface area contributed by atoms with E-state index in [1.807, 2.05) is 18.2 Å². The number of furan rings is 1. The molecular formula is C14H14O3S. The molecule has 0 aliphatic heterocycles. The number of rotatable bonds is 4. The van der Waals surface area contributed by atoms with Crippen LogP contribution in [-0.4, -0.2) is 16.8 Å². The van der Waals surface area contributed by atoms with Crippen molar-refractivity contribution >= 4 is 28.7 Å². The maximum Gasteiger partial charge on any atom is 0.339 e. The normalized spacial score (nSPS) is 15.2. The van der Waals surface area contributed by atoms with E-state index in [0.29, 0.717) is 22.3 Å². The molecule has 3 rings (SSSR count). The summed E-state index contributed by atoms with van der Waals surface area (Å²) in [6.07, 6.45) is 2.67. The number of benzene rings is 1. The second-order valence-corrected chi connectivity index (χ2v) is 5.84. The molecule has 0 amide bonds. The number of aryl methyl sites for hydroxylation is 1. The number of hydrogen-bond donors (Lipinski definition) is 1. The molecular weight excluding hydrogens is 248 g/mol. The highest BCUT2D eigenvalue weighted by Crippen LogP contribution is 2.36. The molecule has 94 valence electrons. The van der Waals surface area contributed by atoms with Gasteiger partial charge in [0.15, 0.2) is 0 Å². The average Bonchev–Trinajstić information content (AvgIpc) is 3.07. The monoisotopic (exact) mass is 262 g/mol. The van der Waals surface area contributed by atoms with Gasteiger partial charge in [0.25, 0.3) is 0 Å². The van der Waals surface area contributed by atoms with Gasteiger partial charge in [-0.05, 0) is 43.9 Å². The van der Waals surface area contributed by atoms with E-state index in [1.165, 1.54) is 12.8 Å². The van der Waals surface area contributed by atoms with Gasteiger partial charge in [-0.25, -0.2) is 4.79 Å². The molecule has 1 aromatic carbocycles. The van der Waals surface area contributed by atoms with Crippen LogP contribution in [-0.2, 0) is 0 Å². The van der Waals surface area contributed by atoms with Crippen molar-refractivity contribution in [3.63, 3.8) is 0 Å². The maximum atomic E-state index is 11.2.